The first-order valence-corrected chi connectivity index (χ1v) is 5.49. The van der Waals surface area contributed by atoms with Crippen molar-refractivity contribution < 1.29 is 0 Å². The summed E-state index contributed by atoms with van der Waals surface area (Å²) in [7, 11) is 0. The first-order valence-electron chi connectivity index (χ1n) is 5.49. The molecule has 0 bridgehead atoms. The zero-order valence-electron chi connectivity index (χ0n) is 9.32. The van der Waals surface area contributed by atoms with E-state index in [-0.39, 0.29) is 6.04 Å². The quantitative estimate of drug-likeness (QED) is 0.723. The molecule has 1 atom stereocenters. The summed E-state index contributed by atoms with van der Waals surface area (Å²) in [5.74, 6) is 0. The maximum Gasteiger partial charge on any atom is 0.0621 e. The second-order valence-electron chi connectivity index (χ2n) is 4.05. The number of aromatic nitrogens is 1. The number of rotatable bonds is 6. The van der Waals surface area contributed by atoms with Crippen molar-refractivity contribution in [1.29, 1.82) is 5.26 Å². The van der Waals surface area contributed by atoms with E-state index < -0.39 is 0 Å². The molecule has 1 aromatic heterocycles. The summed E-state index contributed by atoms with van der Waals surface area (Å²) in [5.41, 5.74) is 7.02. The number of unbranched alkanes of at least 4 members (excludes halogenated alkanes) is 2. The molecule has 82 valence electrons. The summed E-state index contributed by atoms with van der Waals surface area (Å²) in [5, 5.41) is 8.40. The fraction of sp³-hybridized carbons (Fsp3) is 0.583. The average Bonchev–Trinajstić information content (AvgIpc) is 2.59. The summed E-state index contributed by atoms with van der Waals surface area (Å²) in [4.78, 5) is 0. The second-order valence-corrected chi connectivity index (χ2v) is 4.05. The molecular weight excluding hydrogens is 186 g/mol. The lowest BCUT2D eigenvalue weighted by atomic mass is 10.1. The Morgan fingerprint density at radius 2 is 2.33 bits per heavy atom. The van der Waals surface area contributed by atoms with Gasteiger partial charge in [-0.3, -0.25) is 0 Å². The lowest BCUT2D eigenvalue weighted by Gasteiger charge is -2.02. The molecule has 0 aliphatic heterocycles. The Labute approximate surface area is 91.5 Å². The number of hydrogen-bond acceptors (Lipinski definition) is 2. The van der Waals surface area contributed by atoms with Crippen LogP contribution in [0.4, 0.5) is 0 Å². The molecule has 1 unspecified atom stereocenters. The van der Waals surface area contributed by atoms with Crippen LogP contribution in [0.2, 0.25) is 0 Å². The van der Waals surface area contributed by atoms with Crippen molar-refractivity contribution in [2.75, 3.05) is 0 Å². The largest absolute Gasteiger partial charge is 0.354 e. The molecule has 0 aliphatic carbocycles. The predicted octanol–water partition coefficient (Wildman–Crippen LogP) is 2.07. The summed E-state index contributed by atoms with van der Waals surface area (Å²) in [6, 6.07) is 4.50. The third-order valence-corrected chi connectivity index (χ3v) is 2.32. The summed E-state index contributed by atoms with van der Waals surface area (Å²) in [6.45, 7) is 3.02. The van der Waals surface area contributed by atoms with Crippen molar-refractivity contribution in [2.45, 2.75) is 45.2 Å². The third kappa shape index (κ3) is 4.66. The first kappa shape index (κ1) is 11.8. The SMILES string of the molecule is CC(N)Cc1ccn(CCCCC#N)c1. The van der Waals surface area contributed by atoms with Gasteiger partial charge in [-0.05, 0) is 37.8 Å². The first-order chi connectivity index (χ1) is 7.22. The minimum absolute atomic E-state index is 0.222. The van der Waals surface area contributed by atoms with Crippen LogP contribution in [0.1, 0.15) is 31.7 Å². The zero-order valence-corrected chi connectivity index (χ0v) is 9.32. The maximum atomic E-state index is 8.40. The van der Waals surface area contributed by atoms with Crippen molar-refractivity contribution in [1.82, 2.24) is 4.57 Å². The van der Waals surface area contributed by atoms with Gasteiger partial charge in [0.25, 0.3) is 0 Å². The smallest absolute Gasteiger partial charge is 0.0621 e. The normalized spacial score (nSPS) is 12.3. The van der Waals surface area contributed by atoms with Crippen LogP contribution in [0.5, 0.6) is 0 Å². The molecule has 0 radical (unpaired) electrons. The Hall–Kier alpha value is -1.27. The van der Waals surface area contributed by atoms with Crippen LogP contribution in [-0.4, -0.2) is 10.6 Å². The topological polar surface area (TPSA) is 54.7 Å². The summed E-state index contributed by atoms with van der Waals surface area (Å²) in [6.07, 6.45) is 7.89. The van der Waals surface area contributed by atoms with Gasteiger partial charge in [0, 0.05) is 31.4 Å². The Morgan fingerprint density at radius 3 is 3.00 bits per heavy atom. The fourth-order valence-electron chi connectivity index (χ4n) is 1.62. The third-order valence-electron chi connectivity index (χ3n) is 2.32. The number of aryl methyl sites for hydroxylation is 1. The molecule has 3 nitrogen and oxygen atoms in total. The van der Waals surface area contributed by atoms with Crippen LogP contribution >= 0.6 is 0 Å². The lowest BCUT2D eigenvalue weighted by molar-refractivity contribution is 0.616. The highest BCUT2D eigenvalue weighted by molar-refractivity contribution is 5.11. The van der Waals surface area contributed by atoms with Gasteiger partial charge in [-0.2, -0.15) is 5.26 Å². The number of nitrogens with two attached hydrogens (primary N) is 1. The van der Waals surface area contributed by atoms with Gasteiger partial charge < -0.3 is 10.3 Å². The molecule has 0 aromatic carbocycles. The molecule has 1 rings (SSSR count). The van der Waals surface area contributed by atoms with Crippen molar-refractivity contribution in [3.63, 3.8) is 0 Å². The Kier molecular flexibility index (Phi) is 4.92. The molecule has 2 N–H and O–H groups in total. The van der Waals surface area contributed by atoms with Crippen molar-refractivity contribution in [2.24, 2.45) is 5.73 Å². The van der Waals surface area contributed by atoms with Gasteiger partial charge >= 0.3 is 0 Å². The van der Waals surface area contributed by atoms with Gasteiger partial charge in [0.15, 0.2) is 0 Å². The predicted molar refractivity (Wildman–Crippen MR) is 61.2 cm³/mol. The minimum atomic E-state index is 0.222. The highest BCUT2D eigenvalue weighted by Crippen LogP contribution is 2.06. The Balaban J connectivity index is 2.30. The maximum absolute atomic E-state index is 8.40. The number of nitrogens with zero attached hydrogens (tertiary/aromatic N) is 2. The minimum Gasteiger partial charge on any atom is -0.354 e. The van der Waals surface area contributed by atoms with Crippen LogP contribution in [0.15, 0.2) is 18.5 Å². The molecule has 0 fully saturated rings. The van der Waals surface area contributed by atoms with E-state index in [0.29, 0.717) is 6.42 Å². The monoisotopic (exact) mass is 205 g/mol. The number of hydrogen-bond donors (Lipinski definition) is 1. The molecule has 0 aliphatic rings. The van der Waals surface area contributed by atoms with Crippen molar-refractivity contribution in [3.8, 4) is 6.07 Å². The van der Waals surface area contributed by atoms with Gasteiger partial charge in [0.2, 0.25) is 0 Å². The van der Waals surface area contributed by atoms with Crippen LogP contribution in [0.3, 0.4) is 0 Å². The Bertz CT molecular complexity index is 320. The van der Waals surface area contributed by atoms with Crippen LogP contribution in [0, 0.1) is 11.3 Å². The van der Waals surface area contributed by atoms with E-state index in [1.54, 1.807) is 0 Å². The van der Waals surface area contributed by atoms with Crippen molar-refractivity contribution >= 4 is 0 Å². The van der Waals surface area contributed by atoms with Gasteiger partial charge in [0.1, 0.15) is 0 Å². The highest BCUT2D eigenvalue weighted by atomic mass is 14.9. The van der Waals surface area contributed by atoms with E-state index in [2.05, 4.69) is 29.1 Å². The molecule has 0 spiro atoms. The van der Waals surface area contributed by atoms with Gasteiger partial charge in [0.05, 0.1) is 6.07 Å². The van der Waals surface area contributed by atoms with Gasteiger partial charge in [-0.25, -0.2) is 0 Å². The summed E-state index contributed by atoms with van der Waals surface area (Å²) >= 11 is 0. The van der Waals surface area contributed by atoms with Crippen LogP contribution in [-0.2, 0) is 13.0 Å². The van der Waals surface area contributed by atoms with E-state index >= 15 is 0 Å². The number of nitriles is 1. The molecule has 1 heterocycles. The second kappa shape index (κ2) is 6.26. The molecule has 0 saturated carbocycles. The standard InChI is InChI=1S/C12H19N3/c1-11(14)9-12-5-8-15(10-12)7-4-2-3-6-13/h5,8,10-11H,2-4,7,9,14H2,1H3. The highest BCUT2D eigenvalue weighted by Gasteiger charge is 2.00. The lowest BCUT2D eigenvalue weighted by Crippen LogP contribution is -2.17. The van der Waals surface area contributed by atoms with E-state index in [9.17, 15) is 0 Å². The zero-order chi connectivity index (χ0) is 11.1. The fourth-order valence-corrected chi connectivity index (χ4v) is 1.62. The van der Waals surface area contributed by atoms with E-state index in [1.807, 2.05) is 6.92 Å². The van der Waals surface area contributed by atoms with E-state index in [4.69, 9.17) is 11.0 Å². The molecule has 0 saturated heterocycles. The van der Waals surface area contributed by atoms with Gasteiger partial charge in [-0.1, -0.05) is 0 Å². The average molecular weight is 205 g/mol. The summed E-state index contributed by atoms with van der Waals surface area (Å²) < 4.78 is 2.18. The Morgan fingerprint density at radius 1 is 1.53 bits per heavy atom. The van der Waals surface area contributed by atoms with Crippen LogP contribution < -0.4 is 5.73 Å². The van der Waals surface area contributed by atoms with Crippen LogP contribution in [0.25, 0.3) is 0 Å². The molecular formula is C12H19N3. The molecule has 0 amide bonds. The van der Waals surface area contributed by atoms with Crippen molar-refractivity contribution in [3.05, 3.63) is 24.0 Å². The molecule has 3 heteroatoms. The van der Waals surface area contributed by atoms with Gasteiger partial charge in [-0.15, -0.1) is 0 Å². The molecule has 15 heavy (non-hydrogen) atoms. The van der Waals surface area contributed by atoms with E-state index in [0.717, 1.165) is 25.8 Å². The van der Waals surface area contributed by atoms with E-state index in [1.165, 1.54) is 5.56 Å². The molecule has 1 aromatic rings.